The summed E-state index contributed by atoms with van der Waals surface area (Å²) < 4.78 is 22.4. The largest absolute Gasteiger partial charge is 0.756 e. The normalized spacial score (nSPS) is 16.4. The van der Waals surface area contributed by atoms with Gasteiger partial charge >= 0.3 is 0 Å². The Morgan fingerprint density at radius 3 is 2.40 bits per heavy atom. The van der Waals surface area contributed by atoms with Crippen molar-refractivity contribution in [1.82, 2.24) is 5.32 Å². The van der Waals surface area contributed by atoms with Crippen LogP contribution in [0, 0.1) is 0 Å². The summed E-state index contributed by atoms with van der Waals surface area (Å²) >= 11 is 0. The van der Waals surface area contributed by atoms with Crippen LogP contribution in [0.3, 0.4) is 0 Å². The third-order valence-electron chi connectivity index (χ3n) is 4.48. The molecule has 0 aliphatic rings. The predicted molar refractivity (Wildman–Crippen MR) is 118 cm³/mol. The highest BCUT2D eigenvalue weighted by Gasteiger charge is 2.23. The second kappa shape index (κ2) is 16.0. The molecule has 0 heterocycles. The van der Waals surface area contributed by atoms with Gasteiger partial charge in [-0.3, -0.25) is 9.36 Å². The first-order valence-electron chi connectivity index (χ1n) is 11.1. The molecule has 0 rings (SSSR count). The predicted octanol–water partition coefficient (Wildman–Crippen LogP) is 2.76. The zero-order chi connectivity index (χ0) is 23.0. The standard InChI is InChI=1S/C21H43N2O6P/c1-6-8-10-11-13-15-21(25)22-19(20(24)14-12-9-7-2)18-29-30(26,27)28-17-16-23(3,4)5/h12,14,19-20,24H,6-11,13,15-18H2,1-5H3,(H-,22,25,26,27)/b14-12+. The number of rotatable bonds is 18. The molecule has 0 aliphatic heterocycles. The lowest BCUT2D eigenvalue weighted by Crippen LogP contribution is -2.45. The number of quaternary nitrogens is 1. The van der Waals surface area contributed by atoms with Crippen molar-refractivity contribution in [3.8, 4) is 0 Å². The third kappa shape index (κ3) is 17.0. The zero-order valence-electron chi connectivity index (χ0n) is 19.5. The average molecular weight is 451 g/mol. The third-order valence-corrected chi connectivity index (χ3v) is 5.44. The molecule has 0 fully saturated rings. The first-order chi connectivity index (χ1) is 14.0. The van der Waals surface area contributed by atoms with Crippen molar-refractivity contribution in [2.75, 3.05) is 40.9 Å². The van der Waals surface area contributed by atoms with Crippen LogP contribution in [-0.2, 0) is 18.4 Å². The fourth-order valence-corrected chi connectivity index (χ4v) is 3.29. The molecule has 0 radical (unpaired) electrons. The maximum atomic E-state index is 12.2. The Kier molecular flexibility index (Phi) is 15.6. The molecule has 0 spiro atoms. The Balaban J connectivity index is 4.72. The van der Waals surface area contributed by atoms with E-state index in [1.807, 2.05) is 34.1 Å². The molecule has 3 atom stereocenters. The minimum Gasteiger partial charge on any atom is -0.756 e. The van der Waals surface area contributed by atoms with Crippen LogP contribution in [0.25, 0.3) is 0 Å². The number of aliphatic hydroxyl groups is 1. The molecule has 0 aliphatic carbocycles. The van der Waals surface area contributed by atoms with Crippen molar-refractivity contribution >= 4 is 13.7 Å². The molecule has 3 unspecified atom stereocenters. The quantitative estimate of drug-likeness (QED) is 0.144. The SMILES string of the molecule is CCC/C=C/C(O)C(COP(=O)([O-])OCC[N+](C)(C)C)NC(=O)CCCCCCC. The summed E-state index contributed by atoms with van der Waals surface area (Å²) in [5, 5.41) is 13.1. The van der Waals surface area contributed by atoms with Gasteiger partial charge in [0.1, 0.15) is 13.2 Å². The number of hydrogen-bond donors (Lipinski definition) is 2. The summed E-state index contributed by atoms with van der Waals surface area (Å²) in [6.07, 6.45) is 9.45. The number of hydrogen-bond acceptors (Lipinski definition) is 6. The summed E-state index contributed by atoms with van der Waals surface area (Å²) in [7, 11) is 1.24. The summed E-state index contributed by atoms with van der Waals surface area (Å²) in [6, 6.07) is -0.870. The number of carbonyl (C=O) groups excluding carboxylic acids is 1. The summed E-state index contributed by atoms with van der Waals surface area (Å²) in [5.74, 6) is -0.227. The lowest BCUT2D eigenvalue weighted by atomic mass is 10.1. The van der Waals surface area contributed by atoms with E-state index < -0.39 is 20.0 Å². The number of likely N-dealkylation sites (N-methyl/N-ethyl adjacent to an activating group) is 1. The lowest BCUT2D eigenvalue weighted by Gasteiger charge is -2.29. The first-order valence-corrected chi connectivity index (χ1v) is 12.5. The van der Waals surface area contributed by atoms with Crippen molar-refractivity contribution in [1.29, 1.82) is 0 Å². The number of phosphoric acid groups is 1. The number of phosphoric ester groups is 1. The molecule has 0 saturated carbocycles. The van der Waals surface area contributed by atoms with E-state index in [1.54, 1.807) is 6.08 Å². The molecule has 8 nitrogen and oxygen atoms in total. The molecule has 30 heavy (non-hydrogen) atoms. The Bertz CT molecular complexity index is 536. The highest BCUT2D eigenvalue weighted by atomic mass is 31.2. The van der Waals surface area contributed by atoms with Crippen LogP contribution in [0.2, 0.25) is 0 Å². The van der Waals surface area contributed by atoms with E-state index in [-0.39, 0.29) is 19.1 Å². The fourth-order valence-electron chi connectivity index (χ4n) is 2.57. The number of allylic oxidation sites excluding steroid dienone is 1. The van der Waals surface area contributed by atoms with Crippen LogP contribution in [-0.4, -0.2) is 68.5 Å². The molecule has 1 amide bonds. The van der Waals surface area contributed by atoms with Crippen molar-refractivity contribution in [2.24, 2.45) is 0 Å². The minimum absolute atomic E-state index is 0.00196. The monoisotopic (exact) mass is 450 g/mol. The van der Waals surface area contributed by atoms with E-state index in [4.69, 9.17) is 9.05 Å². The molecule has 0 saturated heterocycles. The molecular weight excluding hydrogens is 407 g/mol. The molecule has 9 heteroatoms. The van der Waals surface area contributed by atoms with Gasteiger partial charge in [0.25, 0.3) is 7.82 Å². The Hall–Kier alpha value is -0.760. The number of carbonyl (C=O) groups is 1. The van der Waals surface area contributed by atoms with Gasteiger partial charge in [-0.05, 0) is 12.8 Å². The van der Waals surface area contributed by atoms with Gasteiger partial charge in [-0.2, -0.15) is 0 Å². The molecular formula is C21H43N2O6P. The van der Waals surface area contributed by atoms with Crippen LogP contribution in [0.4, 0.5) is 0 Å². The number of nitrogens with zero attached hydrogens (tertiary/aromatic N) is 1. The van der Waals surface area contributed by atoms with Gasteiger partial charge in [0.2, 0.25) is 5.91 Å². The van der Waals surface area contributed by atoms with Gasteiger partial charge in [-0.1, -0.05) is 58.1 Å². The average Bonchev–Trinajstić information content (AvgIpc) is 2.63. The number of aliphatic hydroxyl groups excluding tert-OH is 1. The summed E-state index contributed by atoms with van der Waals surface area (Å²) in [5.41, 5.74) is 0. The second-order valence-electron chi connectivity index (χ2n) is 8.64. The van der Waals surface area contributed by atoms with Gasteiger partial charge < -0.3 is 28.8 Å². The fraction of sp³-hybridized carbons (Fsp3) is 0.857. The van der Waals surface area contributed by atoms with Crippen molar-refractivity contribution in [3.63, 3.8) is 0 Å². The van der Waals surface area contributed by atoms with Crippen LogP contribution in [0.5, 0.6) is 0 Å². The van der Waals surface area contributed by atoms with Crippen molar-refractivity contribution < 1.29 is 32.9 Å². The van der Waals surface area contributed by atoms with Gasteiger partial charge in [-0.25, -0.2) is 0 Å². The van der Waals surface area contributed by atoms with Gasteiger partial charge in [0.05, 0.1) is 39.9 Å². The maximum Gasteiger partial charge on any atom is 0.268 e. The van der Waals surface area contributed by atoms with Gasteiger partial charge in [-0.15, -0.1) is 0 Å². The Labute approximate surface area is 182 Å². The smallest absolute Gasteiger partial charge is 0.268 e. The van der Waals surface area contributed by atoms with Gasteiger partial charge in [0, 0.05) is 6.42 Å². The summed E-state index contributed by atoms with van der Waals surface area (Å²) in [6.45, 7) is 4.25. The molecule has 0 bridgehead atoms. The number of nitrogens with one attached hydrogen (secondary N) is 1. The number of amides is 1. The van der Waals surface area contributed by atoms with Crippen LogP contribution in [0.15, 0.2) is 12.2 Å². The highest BCUT2D eigenvalue weighted by molar-refractivity contribution is 7.45. The number of unbranched alkanes of at least 4 members (excludes halogenated alkanes) is 5. The molecule has 2 N–H and O–H groups in total. The molecule has 0 aromatic carbocycles. The van der Waals surface area contributed by atoms with E-state index >= 15 is 0 Å². The molecule has 178 valence electrons. The topological polar surface area (TPSA) is 108 Å². The molecule has 0 aromatic rings. The van der Waals surface area contributed by atoms with E-state index in [0.29, 0.717) is 17.4 Å². The van der Waals surface area contributed by atoms with Crippen LogP contribution >= 0.6 is 7.82 Å². The van der Waals surface area contributed by atoms with E-state index in [9.17, 15) is 19.4 Å². The van der Waals surface area contributed by atoms with E-state index in [2.05, 4.69) is 12.2 Å². The minimum atomic E-state index is -4.53. The van der Waals surface area contributed by atoms with E-state index in [1.165, 1.54) is 0 Å². The van der Waals surface area contributed by atoms with Gasteiger partial charge in [0.15, 0.2) is 0 Å². The maximum absolute atomic E-state index is 12.2. The van der Waals surface area contributed by atoms with E-state index in [0.717, 1.165) is 44.9 Å². The van der Waals surface area contributed by atoms with Crippen LogP contribution in [0.1, 0.15) is 65.2 Å². The summed E-state index contributed by atoms with van der Waals surface area (Å²) in [4.78, 5) is 24.3. The van der Waals surface area contributed by atoms with Crippen LogP contribution < -0.4 is 10.2 Å². The lowest BCUT2D eigenvalue weighted by molar-refractivity contribution is -0.870. The first kappa shape index (κ1) is 29.2. The highest BCUT2D eigenvalue weighted by Crippen LogP contribution is 2.38. The zero-order valence-corrected chi connectivity index (χ0v) is 20.4. The van der Waals surface area contributed by atoms with Crippen molar-refractivity contribution in [3.05, 3.63) is 12.2 Å². The molecule has 0 aromatic heterocycles. The van der Waals surface area contributed by atoms with Crippen molar-refractivity contribution in [2.45, 2.75) is 77.4 Å². The second-order valence-corrected chi connectivity index (χ2v) is 10.0. The Morgan fingerprint density at radius 2 is 1.80 bits per heavy atom. The Morgan fingerprint density at radius 1 is 1.13 bits per heavy atom.